The lowest BCUT2D eigenvalue weighted by Gasteiger charge is -2.24. The molecule has 0 fully saturated rings. The maximum absolute atomic E-state index is 4.10. The van der Waals surface area contributed by atoms with Gasteiger partial charge >= 0.3 is 0 Å². The predicted molar refractivity (Wildman–Crippen MR) is 82.5 cm³/mol. The van der Waals surface area contributed by atoms with Gasteiger partial charge in [-0.3, -0.25) is 4.98 Å². The molecule has 0 radical (unpaired) electrons. The van der Waals surface area contributed by atoms with Gasteiger partial charge in [-0.15, -0.1) is 0 Å². The Labute approximate surface area is 121 Å². The zero-order valence-electron chi connectivity index (χ0n) is 12.0. The van der Waals surface area contributed by atoms with Gasteiger partial charge in [-0.2, -0.15) is 0 Å². The number of nitrogens with one attached hydrogen (secondary N) is 1. The van der Waals surface area contributed by atoms with E-state index in [9.17, 15) is 0 Å². The second kappa shape index (κ2) is 6.19. The van der Waals surface area contributed by atoms with E-state index in [4.69, 9.17) is 0 Å². The molecule has 0 amide bonds. The summed E-state index contributed by atoms with van der Waals surface area (Å²) in [5.74, 6) is 0. The van der Waals surface area contributed by atoms with Crippen LogP contribution in [0.2, 0.25) is 0 Å². The molecule has 1 aliphatic rings. The smallest absolute Gasteiger partial charge is 0.0328 e. The van der Waals surface area contributed by atoms with Gasteiger partial charge in [0, 0.05) is 24.5 Å². The van der Waals surface area contributed by atoms with Crippen LogP contribution in [0.15, 0.2) is 48.8 Å². The lowest BCUT2D eigenvalue weighted by atomic mass is 9.97. The summed E-state index contributed by atoms with van der Waals surface area (Å²) in [5, 5.41) is 3.80. The number of hydrogen-bond acceptors (Lipinski definition) is 2. The van der Waals surface area contributed by atoms with Crippen molar-refractivity contribution in [1.29, 1.82) is 0 Å². The highest BCUT2D eigenvalue weighted by Gasteiger charge is 2.20. The van der Waals surface area contributed by atoms with Crippen LogP contribution in [0.25, 0.3) is 0 Å². The Bertz CT molecular complexity index is 550. The average Bonchev–Trinajstić information content (AvgIpc) is 2.71. The van der Waals surface area contributed by atoms with Crippen molar-refractivity contribution in [3.05, 3.63) is 65.5 Å². The minimum absolute atomic E-state index is 0.356. The Morgan fingerprint density at radius 3 is 2.75 bits per heavy atom. The molecule has 0 aliphatic heterocycles. The number of hydrogen-bond donors (Lipinski definition) is 1. The number of pyridine rings is 1. The fourth-order valence-electron chi connectivity index (χ4n) is 3.14. The molecule has 0 saturated carbocycles. The molecule has 1 heterocycles. The van der Waals surface area contributed by atoms with Gasteiger partial charge in [0.15, 0.2) is 0 Å². The number of benzene rings is 1. The van der Waals surface area contributed by atoms with E-state index in [-0.39, 0.29) is 0 Å². The first-order chi connectivity index (χ1) is 9.84. The summed E-state index contributed by atoms with van der Waals surface area (Å²) in [6.07, 6.45) is 8.79. The maximum Gasteiger partial charge on any atom is 0.0328 e. The molecular weight excluding hydrogens is 244 g/mol. The van der Waals surface area contributed by atoms with E-state index in [1.54, 1.807) is 0 Å². The predicted octanol–water partition coefficient (Wildman–Crippen LogP) is 4.20. The summed E-state index contributed by atoms with van der Waals surface area (Å²) in [7, 11) is 0. The van der Waals surface area contributed by atoms with Gasteiger partial charge in [-0.05, 0) is 55.0 Å². The van der Waals surface area contributed by atoms with Crippen LogP contribution in [0.3, 0.4) is 0 Å². The molecule has 2 heteroatoms. The van der Waals surface area contributed by atoms with Gasteiger partial charge in [0.1, 0.15) is 0 Å². The number of nitrogens with zero attached hydrogens (tertiary/aromatic N) is 1. The zero-order chi connectivity index (χ0) is 13.8. The van der Waals surface area contributed by atoms with E-state index in [0.29, 0.717) is 12.1 Å². The molecule has 20 heavy (non-hydrogen) atoms. The monoisotopic (exact) mass is 266 g/mol. The third kappa shape index (κ3) is 2.91. The van der Waals surface area contributed by atoms with Crippen LogP contribution in [0.5, 0.6) is 0 Å². The first kappa shape index (κ1) is 13.3. The van der Waals surface area contributed by atoms with Crippen molar-refractivity contribution in [3.63, 3.8) is 0 Å². The minimum atomic E-state index is 0.356. The van der Waals surface area contributed by atoms with Crippen LogP contribution in [0, 0.1) is 0 Å². The van der Waals surface area contributed by atoms with Crippen molar-refractivity contribution >= 4 is 0 Å². The van der Waals surface area contributed by atoms with E-state index in [2.05, 4.69) is 53.6 Å². The summed E-state index contributed by atoms with van der Waals surface area (Å²) in [4.78, 5) is 4.10. The summed E-state index contributed by atoms with van der Waals surface area (Å²) < 4.78 is 0. The molecule has 1 aliphatic carbocycles. The van der Waals surface area contributed by atoms with Crippen LogP contribution >= 0.6 is 0 Å². The number of aromatic nitrogens is 1. The highest BCUT2D eigenvalue weighted by molar-refractivity contribution is 5.31. The van der Waals surface area contributed by atoms with Crippen molar-refractivity contribution in [3.8, 4) is 0 Å². The largest absolute Gasteiger partial charge is 0.303 e. The molecule has 1 aromatic carbocycles. The first-order valence-electron chi connectivity index (χ1n) is 7.58. The number of fused-ring (bicyclic) bond motifs is 1. The minimum Gasteiger partial charge on any atom is -0.303 e. The molecule has 104 valence electrons. The molecule has 1 N–H and O–H groups in total. The Balaban J connectivity index is 1.80. The topological polar surface area (TPSA) is 24.9 Å². The third-order valence-corrected chi connectivity index (χ3v) is 4.28. The molecule has 0 saturated heterocycles. The summed E-state index contributed by atoms with van der Waals surface area (Å²) in [6.45, 7) is 2.24. The summed E-state index contributed by atoms with van der Waals surface area (Å²) in [5.41, 5.74) is 4.32. The molecule has 0 spiro atoms. The van der Waals surface area contributed by atoms with Gasteiger partial charge in [0.05, 0.1) is 0 Å². The van der Waals surface area contributed by atoms with Crippen molar-refractivity contribution in [2.45, 2.75) is 44.7 Å². The summed E-state index contributed by atoms with van der Waals surface area (Å²) in [6, 6.07) is 13.9. The van der Waals surface area contributed by atoms with Crippen LogP contribution in [0.4, 0.5) is 0 Å². The SMILES string of the molecule is C[C@H](NC1CCCCc2ccccc21)c1ccncc1. The van der Waals surface area contributed by atoms with Crippen molar-refractivity contribution < 1.29 is 0 Å². The molecule has 0 bridgehead atoms. The molecule has 3 rings (SSSR count). The number of aryl methyl sites for hydroxylation is 1. The van der Waals surface area contributed by atoms with Gasteiger partial charge in [0.2, 0.25) is 0 Å². The van der Waals surface area contributed by atoms with Gasteiger partial charge in [0.25, 0.3) is 0 Å². The molecular formula is C18H22N2. The summed E-state index contributed by atoms with van der Waals surface area (Å²) >= 11 is 0. The van der Waals surface area contributed by atoms with Crippen LogP contribution in [0.1, 0.15) is 55.0 Å². The van der Waals surface area contributed by atoms with E-state index < -0.39 is 0 Å². The maximum atomic E-state index is 4.10. The lowest BCUT2D eigenvalue weighted by molar-refractivity contribution is 0.437. The van der Waals surface area contributed by atoms with E-state index >= 15 is 0 Å². The highest BCUT2D eigenvalue weighted by Crippen LogP contribution is 2.30. The Kier molecular flexibility index (Phi) is 4.12. The number of rotatable bonds is 3. The molecule has 1 aromatic heterocycles. The molecule has 2 atom stereocenters. The highest BCUT2D eigenvalue weighted by atomic mass is 14.9. The Hall–Kier alpha value is -1.67. The molecule has 2 nitrogen and oxygen atoms in total. The quantitative estimate of drug-likeness (QED) is 0.842. The van der Waals surface area contributed by atoms with E-state index in [0.717, 1.165) is 0 Å². The van der Waals surface area contributed by atoms with Gasteiger partial charge < -0.3 is 5.32 Å². The fraction of sp³-hybridized carbons (Fsp3) is 0.389. The third-order valence-electron chi connectivity index (χ3n) is 4.28. The first-order valence-corrected chi connectivity index (χ1v) is 7.58. The van der Waals surface area contributed by atoms with Gasteiger partial charge in [-0.1, -0.05) is 30.7 Å². The standard InChI is InChI=1S/C18H22N2/c1-14(15-10-12-19-13-11-15)20-18-9-5-3-7-16-6-2-4-8-17(16)18/h2,4,6,8,10-14,18,20H,3,5,7,9H2,1H3/t14-,18?/m0/s1. The second-order valence-corrected chi connectivity index (χ2v) is 5.67. The zero-order valence-corrected chi connectivity index (χ0v) is 12.0. The van der Waals surface area contributed by atoms with Crippen LogP contribution in [-0.2, 0) is 6.42 Å². The molecule has 2 aromatic rings. The fourth-order valence-corrected chi connectivity index (χ4v) is 3.14. The Morgan fingerprint density at radius 1 is 1.10 bits per heavy atom. The second-order valence-electron chi connectivity index (χ2n) is 5.67. The van der Waals surface area contributed by atoms with Crippen LogP contribution < -0.4 is 5.32 Å². The van der Waals surface area contributed by atoms with E-state index in [1.807, 2.05) is 12.4 Å². The van der Waals surface area contributed by atoms with E-state index in [1.165, 1.54) is 42.4 Å². The lowest BCUT2D eigenvalue weighted by Crippen LogP contribution is -2.25. The Morgan fingerprint density at radius 2 is 1.90 bits per heavy atom. The normalized spacial score (nSPS) is 19.9. The molecule has 1 unspecified atom stereocenters. The van der Waals surface area contributed by atoms with Gasteiger partial charge in [-0.25, -0.2) is 0 Å². The average molecular weight is 266 g/mol. The van der Waals surface area contributed by atoms with Crippen molar-refractivity contribution in [2.24, 2.45) is 0 Å². The van der Waals surface area contributed by atoms with Crippen LogP contribution in [-0.4, -0.2) is 4.98 Å². The van der Waals surface area contributed by atoms with Crippen molar-refractivity contribution in [1.82, 2.24) is 10.3 Å². The van der Waals surface area contributed by atoms with Crippen molar-refractivity contribution in [2.75, 3.05) is 0 Å².